The highest BCUT2D eigenvalue weighted by Crippen LogP contribution is 2.23. The molecule has 0 aliphatic rings. The fourth-order valence-corrected chi connectivity index (χ4v) is 0.933. The molecule has 0 amide bonds. The van der Waals surface area contributed by atoms with Crippen LogP contribution in [-0.4, -0.2) is 0 Å². The molecule has 0 aliphatic heterocycles. The molecule has 0 atom stereocenters. The zero-order valence-electron chi connectivity index (χ0n) is 6.68. The highest BCUT2D eigenvalue weighted by atomic mass is 14.4. The molecule has 0 heterocycles. The minimum absolute atomic E-state index is 0.407. The third-order valence-corrected chi connectivity index (χ3v) is 1.31. The summed E-state index contributed by atoms with van der Waals surface area (Å²) in [6, 6.07) is 4.00. The lowest BCUT2D eigenvalue weighted by Crippen LogP contribution is -2.13. The van der Waals surface area contributed by atoms with Crippen LogP contribution < -0.4 is 0 Å². The zero-order valence-corrected chi connectivity index (χ0v) is 6.68. The van der Waals surface area contributed by atoms with Gasteiger partial charge < -0.3 is 0 Å². The molecule has 0 aromatic rings. The van der Waals surface area contributed by atoms with Crippen molar-refractivity contribution < 1.29 is 0 Å². The van der Waals surface area contributed by atoms with Gasteiger partial charge >= 0.3 is 0 Å². The van der Waals surface area contributed by atoms with E-state index < -0.39 is 5.41 Å². The van der Waals surface area contributed by atoms with Gasteiger partial charge in [-0.1, -0.05) is 13.8 Å². The molecule has 2 heteroatoms. The Kier molecular flexibility index (Phi) is 2.90. The van der Waals surface area contributed by atoms with Crippen molar-refractivity contribution in [1.82, 2.24) is 0 Å². The van der Waals surface area contributed by atoms with Crippen LogP contribution in [0.1, 0.15) is 27.2 Å². The highest BCUT2D eigenvalue weighted by molar-refractivity contribution is 5.10. The lowest BCUT2D eigenvalue weighted by Gasteiger charge is -2.13. The smallest absolute Gasteiger partial charge is 0.141 e. The van der Waals surface area contributed by atoms with E-state index in [1.165, 1.54) is 0 Å². The number of nitrogens with zero attached hydrogens (tertiary/aromatic N) is 2. The summed E-state index contributed by atoms with van der Waals surface area (Å²) in [7, 11) is 0. The van der Waals surface area contributed by atoms with Crippen LogP contribution >= 0.6 is 0 Å². The van der Waals surface area contributed by atoms with Crippen molar-refractivity contribution in [1.29, 1.82) is 10.5 Å². The van der Waals surface area contributed by atoms with Crippen molar-refractivity contribution >= 4 is 0 Å². The summed E-state index contributed by atoms with van der Waals surface area (Å²) >= 11 is 0. The topological polar surface area (TPSA) is 47.6 Å². The first-order valence-electron chi connectivity index (χ1n) is 3.36. The maximum Gasteiger partial charge on any atom is 0.141 e. The van der Waals surface area contributed by atoms with Crippen molar-refractivity contribution in [2.24, 2.45) is 11.3 Å². The predicted molar refractivity (Wildman–Crippen MR) is 38.8 cm³/mol. The molecule has 54 valence electrons. The van der Waals surface area contributed by atoms with E-state index in [0.29, 0.717) is 12.3 Å². The van der Waals surface area contributed by atoms with Crippen molar-refractivity contribution in [3.8, 4) is 12.1 Å². The maximum absolute atomic E-state index is 8.56. The Morgan fingerprint density at radius 2 is 1.70 bits per heavy atom. The van der Waals surface area contributed by atoms with E-state index in [1.807, 2.05) is 26.0 Å². The molecule has 10 heavy (non-hydrogen) atoms. The van der Waals surface area contributed by atoms with Gasteiger partial charge in [-0.3, -0.25) is 0 Å². The van der Waals surface area contributed by atoms with Crippen LogP contribution in [0.5, 0.6) is 0 Å². The van der Waals surface area contributed by atoms with Gasteiger partial charge in [0, 0.05) is 0 Å². The highest BCUT2D eigenvalue weighted by Gasteiger charge is 2.23. The summed E-state index contributed by atoms with van der Waals surface area (Å²) in [4.78, 5) is 0. The quantitative estimate of drug-likeness (QED) is 0.583. The molecular weight excluding hydrogens is 124 g/mol. The second-order valence-electron chi connectivity index (χ2n) is 3.15. The molecule has 0 unspecified atom stereocenters. The molecule has 0 radical (unpaired) electrons. The monoisotopic (exact) mass is 136 g/mol. The first-order chi connectivity index (χ1) is 4.54. The van der Waals surface area contributed by atoms with Crippen LogP contribution in [0.15, 0.2) is 0 Å². The van der Waals surface area contributed by atoms with Crippen molar-refractivity contribution in [3.63, 3.8) is 0 Å². The molecule has 0 saturated carbocycles. The maximum atomic E-state index is 8.56. The number of hydrogen-bond acceptors (Lipinski definition) is 2. The van der Waals surface area contributed by atoms with Crippen LogP contribution in [0.3, 0.4) is 0 Å². The summed E-state index contributed by atoms with van der Waals surface area (Å²) in [5.74, 6) is 0.407. The molecule has 0 fully saturated rings. The van der Waals surface area contributed by atoms with Crippen LogP contribution in [-0.2, 0) is 0 Å². The summed E-state index contributed by atoms with van der Waals surface area (Å²) in [6.07, 6.45) is 0.653. The fourth-order valence-electron chi connectivity index (χ4n) is 0.933. The lowest BCUT2D eigenvalue weighted by molar-refractivity contribution is 0.430. The number of hydrogen-bond donors (Lipinski definition) is 0. The van der Waals surface area contributed by atoms with Crippen LogP contribution in [0.2, 0.25) is 0 Å². The molecular formula is C8H12N2. The standard InChI is InChI=1S/C8H12N2/c1-7(2)4-8(3,5-9)6-10/h7H,4H2,1-3H3. The van der Waals surface area contributed by atoms with E-state index in [0.717, 1.165) is 0 Å². The minimum atomic E-state index is -0.784. The number of rotatable bonds is 2. The summed E-state index contributed by atoms with van der Waals surface area (Å²) in [5.41, 5.74) is -0.784. The van der Waals surface area contributed by atoms with Gasteiger partial charge in [0.25, 0.3) is 0 Å². The fraction of sp³-hybridized carbons (Fsp3) is 0.750. The molecule has 0 spiro atoms. The lowest BCUT2D eigenvalue weighted by atomic mass is 9.85. The Labute approximate surface area is 62.1 Å². The molecule has 0 aromatic heterocycles. The van der Waals surface area contributed by atoms with E-state index in [1.54, 1.807) is 6.92 Å². The molecule has 0 N–H and O–H groups in total. The third kappa shape index (κ3) is 2.51. The second kappa shape index (κ2) is 3.22. The van der Waals surface area contributed by atoms with Gasteiger partial charge in [-0.2, -0.15) is 10.5 Å². The molecule has 0 rings (SSSR count). The minimum Gasteiger partial charge on any atom is -0.197 e. The van der Waals surface area contributed by atoms with Crippen molar-refractivity contribution in [2.45, 2.75) is 27.2 Å². The largest absolute Gasteiger partial charge is 0.197 e. The Morgan fingerprint density at radius 3 is 1.80 bits per heavy atom. The SMILES string of the molecule is CC(C)CC(C)(C#N)C#N. The van der Waals surface area contributed by atoms with E-state index in [4.69, 9.17) is 10.5 Å². The van der Waals surface area contributed by atoms with E-state index in [-0.39, 0.29) is 0 Å². The van der Waals surface area contributed by atoms with Gasteiger partial charge in [0.2, 0.25) is 0 Å². The first kappa shape index (κ1) is 8.98. The second-order valence-corrected chi connectivity index (χ2v) is 3.15. The number of nitriles is 2. The Morgan fingerprint density at radius 1 is 1.30 bits per heavy atom. The van der Waals surface area contributed by atoms with Crippen LogP contribution in [0.25, 0.3) is 0 Å². The third-order valence-electron chi connectivity index (χ3n) is 1.31. The van der Waals surface area contributed by atoms with E-state index in [2.05, 4.69) is 0 Å². The van der Waals surface area contributed by atoms with Gasteiger partial charge in [-0.25, -0.2) is 0 Å². The van der Waals surface area contributed by atoms with Gasteiger partial charge in [0.1, 0.15) is 5.41 Å². The Bertz CT molecular complexity index is 166. The average Bonchev–Trinajstić information content (AvgIpc) is 1.87. The van der Waals surface area contributed by atoms with Crippen molar-refractivity contribution in [2.75, 3.05) is 0 Å². The summed E-state index contributed by atoms with van der Waals surface area (Å²) in [5, 5.41) is 17.1. The molecule has 0 aromatic carbocycles. The Hall–Kier alpha value is -1.02. The predicted octanol–water partition coefficient (Wildman–Crippen LogP) is 2.09. The zero-order chi connectivity index (χ0) is 8.20. The first-order valence-corrected chi connectivity index (χ1v) is 3.36. The summed E-state index contributed by atoms with van der Waals surface area (Å²) < 4.78 is 0. The average molecular weight is 136 g/mol. The van der Waals surface area contributed by atoms with Gasteiger partial charge in [0.15, 0.2) is 0 Å². The Balaban J connectivity index is 4.15. The van der Waals surface area contributed by atoms with Crippen LogP contribution in [0.4, 0.5) is 0 Å². The van der Waals surface area contributed by atoms with Crippen molar-refractivity contribution in [3.05, 3.63) is 0 Å². The van der Waals surface area contributed by atoms with Gasteiger partial charge in [-0.05, 0) is 19.3 Å². The van der Waals surface area contributed by atoms with E-state index in [9.17, 15) is 0 Å². The van der Waals surface area contributed by atoms with E-state index >= 15 is 0 Å². The molecule has 0 saturated heterocycles. The molecule has 0 bridgehead atoms. The van der Waals surface area contributed by atoms with Gasteiger partial charge in [-0.15, -0.1) is 0 Å². The van der Waals surface area contributed by atoms with Crippen LogP contribution in [0, 0.1) is 34.0 Å². The summed E-state index contributed by atoms with van der Waals surface area (Å²) in [6.45, 7) is 5.69. The normalized spacial score (nSPS) is 10.6. The van der Waals surface area contributed by atoms with Gasteiger partial charge in [0.05, 0.1) is 12.1 Å². The molecule has 2 nitrogen and oxygen atoms in total. The molecule has 0 aliphatic carbocycles.